The van der Waals surface area contributed by atoms with Crippen molar-refractivity contribution in [3.63, 3.8) is 0 Å². The van der Waals surface area contributed by atoms with Gasteiger partial charge in [-0.2, -0.15) is 0 Å². The SMILES string of the molecule is C[C@H](CCC(=O)O)[C@H]1CC[C@H]2[C@@H]3CCC4C[C@H](OC(=O)CCc5cccc(N(CCCl)CCCl)c5)CC[C@]4(C)[C@H]3CC[C@]12C. The van der Waals surface area contributed by atoms with Gasteiger partial charge in [0.25, 0.3) is 0 Å². The first kappa shape index (κ1) is 33.9. The number of nitrogens with zero attached hydrogens (tertiary/aromatic N) is 1. The van der Waals surface area contributed by atoms with Crippen LogP contribution in [0.4, 0.5) is 5.69 Å². The molecule has 246 valence electrons. The third-order valence-electron chi connectivity index (χ3n) is 13.1. The molecule has 4 fully saturated rings. The van der Waals surface area contributed by atoms with E-state index in [0.29, 0.717) is 59.6 Å². The quantitative estimate of drug-likeness (QED) is 0.171. The Labute approximate surface area is 275 Å². The number of anilines is 1. The number of halogens is 2. The van der Waals surface area contributed by atoms with Crippen LogP contribution >= 0.6 is 23.2 Å². The maximum absolute atomic E-state index is 13.0. The van der Waals surface area contributed by atoms with E-state index < -0.39 is 5.97 Å². The molecule has 0 heterocycles. The van der Waals surface area contributed by atoms with E-state index in [1.54, 1.807) is 0 Å². The molecule has 4 aliphatic carbocycles. The second-order valence-electron chi connectivity index (χ2n) is 15.2. The molecule has 4 aliphatic rings. The van der Waals surface area contributed by atoms with E-state index in [1.165, 1.54) is 38.5 Å². The number of carboxylic acid groups (broad SMARTS) is 1. The third-order valence-corrected chi connectivity index (χ3v) is 13.4. The van der Waals surface area contributed by atoms with Crippen LogP contribution in [0.5, 0.6) is 0 Å². The number of benzene rings is 1. The highest BCUT2D eigenvalue weighted by molar-refractivity contribution is 6.18. The lowest BCUT2D eigenvalue weighted by atomic mass is 9.44. The number of rotatable bonds is 13. The van der Waals surface area contributed by atoms with E-state index in [-0.39, 0.29) is 12.1 Å². The number of aliphatic carboxylic acids is 1. The first-order valence-electron chi connectivity index (χ1n) is 17.5. The Morgan fingerprint density at radius 3 is 2.43 bits per heavy atom. The van der Waals surface area contributed by atoms with E-state index >= 15 is 0 Å². The van der Waals surface area contributed by atoms with Gasteiger partial charge in [0.2, 0.25) is 0 Å². The van der Waals surface area contributed by atoms with Crippen LogP contribution in [0.15, 0.2) is 24.3 Å². The Hall–Kier alpha value is -1.46. The lowest BCUT2D eigenvalue weighted by molar-refractivity contribution is -0.162. The van der Waals surface area contributed by atoms with Crippen molar-refractivity contribution >= 4 is 40.8 Å². The van der Waals surface area contributed by atoms with Crippen LogP contribution in [0.1, 0.15) is 103 Å². The van der Waals surface area contributed by atoms with Gasteiger partial charge < -0.3 is 14.7 Å². The largest absolute Gasteiger partial charge is 0.481 e. The number of hydrogen-bond acceptors (Lipinski definition) is 4. The minimum absolute atomic E-state index is 0.0474. The lowest BCUT2D eigenvalue weighted by Crippen LogP contribution is -2.54. The number of fused-ring (bicyclic) bond motifs is 5. The Bertz CT molecular complexity index is 1140. The average Bonchev–Trinajstić information content (AvgIpc) is 3.36. The summed E-state index contributed by atoms with van der Waals surface area (Å²) in [4.78, 5) is 26.4. The zero-order chi connectivity index (χ0) is 31.5. The number of hydrogen-bond donors (Lipinski definition) is 1. The van der Waals surface area contributed by atoms with Gasteiger partial charge >= 0.3 is 11.9 Å². The summed E-state index contributed by atoms with van der Waals surface area (Å²) in [5, 5.41) is 9.26. The monoisotopic (exact) mass is 647 g/mol. The number of esters is 1. The van der Waals surface area contributed by atoms with E-state index in [0.717, 1.165) is 67.8 Å². The molecule has 0 radical (unpaired) electrons. The summed E-state index contributed by atoms with van der Waals surface area (Å²) in [5.41, 5.74) is 2.94. The number of aryl methyl sites for hydroxylation is 1. The molecule has 0 aromatic heterocycles. The molecule has 0 saturated heterocycles. The fourth-order valence-corrected chi connectivity index (χ4v) is 11.2. The summed E-state index contributed by atoms with van der Waals surface area (Å²) < 4.78 is 6.14. The van der Waals surface area contributed by atoms with Crippen molar-refractivity contribution in [1.82, 2.24) is 0 Å². The van der Waals surface area contributed by atoms with Crippen molar-refractivity contribution < 1.29 is 19.4 Å². The molecule has 0 amide bonds. The molecule has 7 heteroatoms. The van der Waals surface area contributed by atoms with E-state index in [1.807, 2.05) is 6.07 Å². The highest BCUT2D eigenvalue weighted by atomic mass is 35.5. The van der Waals surface area contributed by atoms with Crippen LogP contribution in [-0.4, -0.2) is 48.0 Å². The van der Waals surface area contributed by atoms with Crippen LogP contribution in [-0.2, 0) is 20.7 Å². The Kier molecular flexibility index (Phi) is 11.2. The molecule has 0 spiro atoms. The molecule has 1 unspecified atom stereocenters. The van der Waals surface area contributed by atoms with Crippen molar-refractivity contribution in [2.45, 2.75) is 110 Å². The van der Waals surface area contributed by atoms with Gasteiger partial charge in [-0.05, 0) is 135 Å². The van der Waals surface area contributed by atoms with E-state index in [2.05, 4.69) is 43.9 Å². The molecule has 44 heavy (non-hydrogen) atoms. The maximum Gasteiger partial charge on any atom is 0.306 e. The summed E-state index contributed by atoms with van der Waals surface area (Å²) >= 11 is 12.0. The zero-order valence-corrected chi connectivity index (χ0v) is 28.8. The molecule has 1 aromatic carbocycles. The van der Waals surface area contributed by atoms with Gasteiger partial charge in [-0.3, -0.25) is 9.59 Å². The number of ether oxygens (including phenoxy) is 1. The van der Waals surface area contributed by atoms with Gasteiger partial charge in [-0.1, -0.05) is 32.9 Å². The normalized spacial score (nSPS) is 35.2. The van der Waals surface area contributed by atoms with E-state index in [9.17, 15) is 14.7 Å². The number of carbonyl (C=O) groups is 2. The van der Waals surface area contributed by atoms with Gasteiger partial charge in [0.05, 0.1) is 0 Å². The van der Waals surface area contributed by atoms with Crippen molar-refractivity contribution in [2.24, 2.45) is 46.3 Å². The molecule has 1 N–H and O–H groups in total. The second-order valence-corrected chi connectivity index (χ2v) is 16.0. The average molecular weight is 649 g/mol. The molecule has 5 nitrogen and oxygen atoms in total. The molecule has 9 atom stereocenters. The van der Waals surface area contributed by atoms with Crippen molar-refractivity contribution in [2.75, 3.05) is 29.7 Å². The molecular formula is C37H55Cl2NO4. The Balaban J connectivity index is 1.14. The highest BCUT2D eigenvalue weighted by Crippen LogP contribution is 2.68. The van der Waals surface area contributed by atoms with Crippen molar-refractivity contribution in [1.29, 1.82) is 0 Å². The van der Waals surface area contributed by atoms with Crippen LogP contribution < -0.4 is 4.90 Å². The minimum atomic E-state index is -0.661. The summed E-state index contributed by atoms with van der Waals surface area (Å²) in [6.45, 7) is 8.93. The summed E-state index contributed by atoms with van der Waals surface area (Å²) in [6, 6.07) is 8.35. The molecule has 5 rings (SSSR count). The number of carboxylic acids is 1. The van der Waals surface area contributed by atoms with Gasteiger partial charge in [0, 0.05) is 43.4 Å². The third kappa shape index (κ3) is 7.09. The summed E-state index contributed by atoms with van der Waals surface area (Å²) in [6.07, 6.45) is 13.2. The Morgan fingerprint density at radius 1 is 0.977 bits per heavy atom. The van der Waals surface area contributed by atoms with Crippen molar-refractivity contribution in [3.05, 3.63) is 29.8 Å². The summed E-state index contributed by atoms with van der Waals surface area (Å²) in [7, 11) is 0. The standard InChI is InChI=1S/C37H55Cl2NO4/c1-25(7-13-34(41)42)31-11-12-32-30-10-9-27-24-29(15-17-36(27,2)33(30)16-18-37(31,32)3)44-35(43)14-8-26-5-4-6-28(23-26)40(21-19-38)22-20-39/h4-6,23,25,27,29-33H,7-22,24H2,1-3H3,(H,41,42)/t25-,27?,29-,30+,31-,32+,33+,36+,37-/m1/s1. The molecule has 1 aromatic rings. The van der Waals surface area contributed by atoms with Crippen molar-refractivity contribution in [3.8, 4) is 0 Å². The highest BCUT2D eigenvalue weighted by Gasteiger charge is 2.60. The fourth-order valence-electron chi connectivity index (χ4n) is 10.8. The Morgan fingerprint density at radius 2 is 1.70 bits per heavy atom. The summed E-state index contributed by atoms with van der Waals surface area (Å²) in [5.74, 6) is 4.49. The first-order valence-corrected chi connectivity index (χ1v) is 18.5. The number of alkyl halides is 2. The van der Waals surface area contributed by atoms with E-state index in [4.69, 9.17) is 27.9 Å². The fraction of sp³-hybridized carbons (Fsp3) is 0.784. The lowest BCUT2D eigenvalue weighted by Gasteiger charge is -2.61. The van der Waals surface area contributed by atoms with Crippen LogP contribution in [0.3, 0.4) is 0 Å². The maximum atomic E-state index is 13.0. The number of carbonyl (C=O) groups excluding carboxylic acids is 1. The second kappa shape index (κ2) is 14.5. The molecule has 0 aliphatic heterocycles. The topological polar surface area (TPSA) is 66.8 Å². The first-order chi connectivity index (χ1) is 21.1. The van der Waals surface area contributed by atoms with Gasteiger partial charge in [0.15, 0.2) is 0 Å². The zero-order valence-electron chi connectivity index (χ0n) is 27.2. The van der Waals surface area contributed by atoms with Gasteiger partial charge in [-0.25, -0.2) is 0 Å². The minimum Gasteiger partial charge on any atom is -0.481 e. The molecule has 4 saturated carbocycles. The van der Waals surface area contributed by atoms with Crippen LogP contribution in [0.25, 0.3) is 0 Å². The smallest absolute Gasteiger partial charge is 0.306 e. The van der Waals surface area contributed by atoms with Crippen LogP contribution in [0, 0.1) is 46.3 Å². The van der Waals surface area contributed by atoms with Crippen LogP contribution in [0.2, 0.25) is 0 Å². The molecule has 0 bridgehead atoms. The predicted molar refractivity (Wildman–Crippen MR) is 180 cm³/mol. The molecular weight excluding hydrogens is 593 g/mol. The van der Waals surface area contributed by atoms with Gasteiger partial charge in [-0.15, -0.1) is 23.2 Å². The predicted octanol–water partition coefficient (Wildman–Crippen LogP) is 8.97. The van der Waals surface area contributed by atoms with Gasteiger partial charge in [0.1, 0.15) is 6.10 Å².